The number of benzene rings is 3. The largest absolute Gasteiger partial charge is 0.352 e. The number of likely N-dealkylation sites (tertiary alicyclic amines) is 1. The first-order valence-corrected chi connectivity index (χ1v) is 14.4. The molecule has 0 unspecified atom stereocenters. The first kappa shape index (κ1) is 26.4. The molecular formula is C33H37N5O2. The molecule has 2 aliphatic rings. The van der Waals surface area contributed by atoms with Crippen LogP contribution in [0.5, 0.6) is 0 Å². The van der Waals surface area contributed by atoms with Crippen molar-refractivity contribution in [1.82, 2.24) is 25.3 Å². The Morgan fingerprint density at radius 1 is 0.900 bits per heavy atom. The van der Waals surface area contributed by atoms with Gasteiger partial charge in [0.1, 0.15) is 0 Å². The van der Waals surface area contributed by atoms with E-state index in [-0.39, 0.29) is 11.8 Å². The highest BCUT2D eigenvalue weighted by molar-refractivity contribution is 5.78. The maximum absolute atomic E-state index is 13.0. The summed E-state index contributed by atoms with van der Waals surface area (Å²) in [6.45, 7) is 7.93. The highest BCUT2D eigenvalue weighted by Crippen LogP contribution is 2.22. The van der Waals surface area contributed by atoms with Gasteiger partial charge in [0.15, 0.2) is 0 Å². The second kappa shape index (κ2) is 12.1. The van der Waals surface area contributed by atoms with Crippen LogP contribution >= 0.6 is 0 Å². The molecule has 4 aromatic rings. The molecule has 7 heteroatoms. The molecule has 1 aromatic heterocycles. The first-order chi connectivity index (χ1) is 19.6. The predicted molar refractivity (Wildman–Crippen MR) is 155 cm³/mol. The summed E-state index contributed by atoms with van der Waals surface area (Å²) < 4.78 is 5.50. The maximum atomic E-state index is 13.0. The quantitative estimate of drug-likeness (QED) is 0.337. The van der Waals surface area contributed by atoms with Crippen LogP contribution in [0.15, 0.2) is 77.3 Å². The van der Waals surface area contributed by atoms with Crippen molar-refractivity contribution in [3.8, 4) is 11.4 Å². The fourth-order valence-electron chi connectivity index (χ4n) is 5.80. The van der Waals surface area contributed by atoms with Crippen molar-refractivity contribution in [2.45, 2.75) is 52.4 Å². The first-order valence-electron chi connectivity index (χ1n) is 14.4. The number of rotatable bonds is 8. The number of piperidine rings is 1. The highest BCUT2D eigenvalue weighted by Gasteiger charge is 2.26. The minimum absolute atomic E-state index is 0.0404. The maximum Gasteiger partial charge on any atom is 0.241 e. The Morgan fingerprint density at radius 3 is 2.50 bits per heavy atom. The molecule has 0 radical (unpaired) electrons. The average molecular weight is 536 g/mol. The van der Waals surface area contributed by atoms with Crippen LogP contribution in [0.4, 0.5) is 0 Å². The third-order valence-electron chi connectivity index (χ3n) is 8.17. The second-order valence-electron chi connectivity index (χ2n) is 11.2. The molecule has 0 atom stereocenters. The van der Waals surface area contributed by atoms with E-state index in [0.29, 0.717) is 24.8 Å². The van der Waals surface area contributed by atoms with Crippen molar-refractivity contribution in [1.29, 1.82) is 0 Å². The summed E-state index contributed by atoms with van der Waals surface area (Å²) in [4.78, 5) is 22.3. The molecule has 7 nitrogen and oxygen atoms in total. The fourth-order valence-corrected chi connectivity index (χ4v) is 5.80. The Morgan fingerprint density at radius 2 is 1.68 bits per heavy atom. The Bertz CT molecular complexity index is 1440. The van der Waals surface area contributed by atoms with Crippen molar-refractivity contribution >= 4 is 5.91 Å². The van der Waals surface area contributed by atoms with Gasteiger partial charge in [-0.25, -0.2) is 0 Å². The summed E-state index contributed by atoms with van der Waals surface area (Å²) in [6.07, 6.45) is 2.77. The van der Waals surface area contributed by atoms with Crippen LogP contribution < -0.4 is 5.32 Å². The number of nitrogens with one attached hydrogen (secondary N) is 1. The minimum Gasteiger partial charge on any atom is -0.352 e. The molecule has 1 saturated heterocycles. The summed E-state index contributed by atoms with van der Waals surface area (Å²) in [5.41, 5.74) is 7.52. The Hall–Kier alpha value is -3.81. The molecule has 206 valence electrons. The van der Waals surface area contributed by atoms with Crippen molar-refractivity contribution in [2.24, 2.45) is 5.92 Å². The number of nitrogens with zero attached hydrogens (tertiary/aromatic N) is 4. The summed E-state index contributed by atoms with van der Waals surface area (Å²) in [5, 5.41) is 7.34. The Kier molecular flexibility index (Phi) is 8.02. The van der Waals surface area contributed by atoms with Crippen LogP contribution in [0.2, 0.25) is 0 Å². The van der Waals surface area contributed by atoms with Crippen LogP contribution in [-0.4, -0.2) is 45.5 Å². The van der Waals surface area contributed by atoms with Crippen molar-refractivity contribution < 1.29 is 9.32 Å². The average Bonchev–Trinajstić information content (AvgIpc) is 3.45. The van der Waals surface area contributed by atoms with Gasteiger partial charge in [0, 0.05) is 37.7 Å². The van der Waals surface area contributed by atoms with E-state index in [4.69, 9.17) is 4.52 Å². The minimum atomic E-state index is 0.0404. The Labute approximate surface area is 236 Å². The van der Waals surface area contributed by atoms with E-state index in [1.54, 1.807) is 0 Å². The monoisotopic (exact) mass is 535 g/mol. The lowest BCUT2D eigenvalue weighted by atomic mass is 9.95. The van der Waals surface area contributed by atoms with Crippen LogP contribution in [-0.2, 0) is 37.4 Å². The van der Waals surface area contributed by atoms with Crippen molar-refractivity contribution in [2.75, 3.05) is 19.6 Å². The molecule has 1 N–H and O–H groups in total. The number of aromatic nitrogens is 2. The van der Waals surface area contributed by atoms with Crippen LogP contribution in [0.25, 0.3) is 11.4 Å². The number of carbonyl (C=O) groups excluding carboxylic acids is 1. The van der Waals surface area contributed by atoms with Gasteiger partial charge in [-0.2, -0.15) is 4.98 Å². The number of aryl methyl sites for hydroxylation is 1. The number of amides is 1. The van der Waals surface area contributed by atoms with Crippen LogP contribution in [0.1, 0.15) is 46.5 Å². The molecule has 2 aliphatic heterocycles. The smallest absolute Gasteiger partial charge is 0.241 e. The van der Waals surface area contributed by atoms with Crippen LogP contribution in [0, 0.1) is 12.8 Å². The molecule has 0 bridgehead atoms. The van der Waals surface area contributed by atoms with Gasteiger partial charge in [-0.3, -0.25) is 14.6 Å². The summed E-state index contributed by atoms with van der Waals surface area (Å²) in [6, 6.07) is 25.5. The van der Waals surface area contributed by atoms with E-state index < -0.39 is 0 Å². The number of hydrogen-bond acceptors (Lipinski definition) is 6. The molecule has 3 aromatic carbocycles. The third kappa shape index (κ3) is 6.49. The van der Waals surface area contributed by atoms with E-state index in [1.165, 1.54) is 22.3 Å². The van der Waals surface area contributed by atoms with Crippen molar-refractivity contribution in [3.05, 3.63) is 107 Å². The standard InChI is InChI=1S/C33H37N5O2/c1-24-9-11-28(12-10-24)32-35-31(40-36-32)23-37-16-14-29(15-17-37)33(39)34-20-25-5-4-6-26(19-25)21-38-18-13-27-7-2-3-8-30(27)22-38/h2-12,19,29H,13-18,20-23H2,1H3,(H,34,39). The fraction of sp³-hybridized carbons (Fsp3) is 0.364. The zero-order valence-electron chi connectivity index (χ0n) is 23.2. The summed E-state index contributed by atoms with van der Waals surface area (Å²) in [5.74, 6) is 1.43. The molecule has 1 amide bonds. The van der Waals surface area contributed by atoms with Gasteiger partial charge in [-0.1, -0.05) is 83.5 Å². The van der Waals surface area contributed by atoms with E-state index in [2.05, 4.69) is 80.7 Å². The highest BCUT2D eigenvalue weighted by atomic mass is 16.5. The molecule has 1 fully saturated rings. The van der Waals surface area contributed by atoms with Gasteiger partial charge >= 0.3 is 0 Å². The Balaban J connectivity index is 0.949. The normalized spacial score (nSPS) is 16.5. The zero-order chi connectivity index (χ0) is 27.3. The SMILES string of the molecule is Cc1ccc(-c2noc(CN3CCC(C(=O)NCc4cccc(CN5CCc6ccccc6C5)c4)CC3)n2)cc1. The van der Waals surface area contributed by atoms with Gasteiger partial charge in [0.2, 0.25) is 17.6 Å². The molecule has 3 heterocycles. The number of carbonyl (C=O) groups is 1. The van der Waals surface area contributed by atoms with Gasteiger partial charge in [0.25, 0.3) is 0 Å². The van der Waals surface area contributed by atoms with Crippen molar-refractivity contribution in [3.63, 3.8) is 0 Å². The topological polar surface area (TPSA) is 74.5 Å². The van der Waals surface area contributed by atoms with Gasteiger partial charge in [0.05, 0.1) is 6.54 Å². The second-order valence-corrected chi connectivity index (χ2v) is 11.2. The van der Waals surface area contributed by atoms with Gasteiger partial charge in [-0.15, -0.1) is 0 Å². The van der Waals surface area contributed by atoms with E-state index >= 15 is 0 Å². The molecule has 40 heavy (non-hydrogen) atoms. The number of fused-ring (bicyclic) bond motifs is 1. The van der Waals surface area contributed by atoms with E-state index in [1.807, 2.05) is 24.3 Å². The predicted octanol–water partition coefficient (Wildman–Crippen LogP) is 5.13. The summed E-state index contributed by atoms with van der Waals surface area (Å²) in [7, 11) is 0. The third-order valence-corrected chi connectivity index (χ3v) is 8.17. The van der Waals surface area contributed by atoms with Gasteiger partial charge < -0.3 is 9.84 Å². The lowest BCUT2D eigenvalue weighted by molar-refractivity contribution is -0.126. The lowest BCUT2D eigenvalue weighted by Gasteiger charge is -2.30. The van der Waals surface area contributed by atoms with Gasteiger partial charge in [-0.05, 0) is 61.5 Å². The molecule has 0 saturated carbocycles. The molecule has 6 rings (SSSR count). The summed E-state index contributed by atoms with van der Waals surface area (Å²) >= 11 is 0. The van der Waals surface area contributed by atoms with E-state index in [0.717, 1.165) is 63.1 Å². The molecule has 0 spiro atoms. The number of hydrogen-bond donors (Lipinski definition) is 1. The lowest BCUT2D eigenvalue weighted by Crippen LogP contribution is -2.40. The van der Waals surface area contributed by atoms with Crippen LogP contribution in [0.3, 0.4) is 0 Å². The zero-order valence-corrected chi connectivity index (χ0v) is 23.2. The molecule has 0 aliphatic carbocycles. The van der Waals surface area contributed by atoms with E-state index in [9.17, 15) is 4.79 Å². The molecular weight excluding hydrogens is 498 g/mol.